The van der Waals surface area contributed by atoms with Crippen LogP contribution in [0.3, 0.4) is 0 Å². The second-order valence-electron chi connectivity index (χ2n) is 6.04. The Morgan fingerprint density at radius 3 is 2.67 bits per heavy atom. The Morgan fingerprint density at radius 2 is 2.00 bits per heavy atom. The summed E-state index contributed by atoms with van der Waals surface area (Å²) in [4.78, 5) is 2.46. The molecule has 0 spiro atoms. The molecular formula is C18H30N2O. The molecule has 1 unspecified atom stereocenters. The number of rotatable bonds is 9. The van der Waals surface area contributed by atoms with Gasteiger partial charge >= 0.3 is 0 Å². The first-order chi connectivity index (χ1) is 10.3. The Bertz CT molecular complexity index is 391. The molecule has 0 saturated carbocycles. The molecule has 3 heteroatoms. The zero-order chi connectivity index (χ0) is 14.9. The number of likely N-dealkylation sites (N-methyl/N-ethyl adjacent to an activating group) is 1. The first-order valence-electron chi connectivity index (χ1n) is 8.36. The van der Waals surface area contributed by atoms with E-state index in [9.17, 15) is 0 Å². The molecule has 3 nitrogen and oxygen atoms in total. The molecule has 21 heavy (non-hydrogen) atoms. The molecule has 1 saturated heterocycles. The summed E-state index contributed by atoms with van der Waals surface area (Å²) in [7, 11) is 2.23. The van der Waals surface area contributed by atoms with Crippen LogP contribution in [0.5, 0.6) is 0 Å². The van der Waals surface area contributed by atoms with Crippen molar-refractivity contribution in [3.05, 3.63) is 35.4 Å². The van der Waals surface area contributed by atoms with Gasteiger partial charge in [0.2, 0.25) is 0 Å². The van der Waals surface area contributed by atoms with Gasteiger partial charge in [0.25, 0.3) is 0 Å². The van der Waals surface area contributed by atoms with Crippen molar-refractivity contribution < 1.29 is 4.74 Å². The lowest BCUT2D eigenvalue weighted by atomic mass is 10.1. The zero-order valence-corrected chi connectivity index (χ0v) is 13.6. The summed E-state index contributed by atoms with van der Waals surface area (Å²) in [5, 5.41) is 3.35. The standard InChI is InChI=1S/C18H30N2O/c1-3-19-12-10-16-6-8-17(9-7-16)15-21-14-11-18-5-4-13-20(18)2/h6-9,18-19H,3-5,10-15H2,1-2H3. The number of hydrogen-bond donors (Lipinski definition) is 1. The van der Waals surface area contributed by atoms with Gasteiger partial charge in [-0.05, 0) is 63.5 Å². The number of likely N-dealkylation sites (tertiary alicyclic amines) is 1. The van der Waals surface area contributed by atoms with E-state index < -0.39 is 0 Å². The average Bonchev–Trinajstić information content (AvgIpc) is 2.91. The van der Waals surface area contributed by atoms with Gasteiger partial charge in [0.15, 0.2) is 0 Å². The number of hydrogen-bond acceptors (Lipinski definition) is 3. The van der Waals surface area contributed by atoms with E-state index in [0.717, 1.165) is 45.2 Å². The van der Waals surface area contributed by atoms with Crippen LogP contribution in [-0.2, 0) is 17.8 Å². The van der Waals surface area contributed by atoms with E-state index in [2.05, 4.69) is 48.5 Å². The SMILES string of the molecule is CCNCCc1ccc(COCCC2CCCN2C)cc1. The molecule has 1 heterocycles. The van der Waals surface area contributed by atoms with E-state index in [1.54, 1.807) is 0 Å². The molecule has 1 N–H and O–H groups in total. The molecule has 0 radical (unpaired) electrons. The summed E-state index contributed by atoms with van der Waals surface area (Å²) >= 11 is 0. The first-order valence-corrected chi connectivity index (χ1v) is 8.36. The minimum Gasteiger partial charge on any atom is -0.377 e. The molecule has 1 aromatic carbocycles. The third-order valence-electron chi connectivity index (χ3n) is 4.40. The number of benzene rings is 1. The van der Waals surface area contributed by atoms with E-state index in [1.165, 1.54) is 30.5 Å². The van der Waals surface area contributed by atoms with Gasteiger partial charge < -0.3 is 15.0 Å². The van der Waals surface area contributed by atoms with E-state index in [4.69, 9.17) is 4.74 Å². The van der Waals surface area contributed by atoms with Gasteiger partial charge in [-0.3, -0.25) is 0 Å². The van der Waals surface area contributed by atoms with E-state index in [1.807, 2.05) is 0 Å². The fraction of sp³-hybridized carbons (Fsp3) is 0.667. The van der Waals surface area contributed by atoms with Crippen molar-refractivity contribution in [1.29, 1.82) is 0 Å². The maximum atomic E-state index is 5.83. The molecule has 1 aliphatic heterocycles. The van der Waals surface area contributed by atoms with Crippen molar-refractivity contribution in [3.8, 4) is 0 Å². The monoisotopic (exact) mass is 290 g/mol. The molecule has 1 aromatic rings. The zero-order valence-electron chi connectivity index (χ0n) is 13.6. The Labute approximate surface area is 129 Å². The van der Waals surface area contributed by atoms with Gasteiger partial charge in [0.1, 0.15) is 0 Å². The van der Waals surface area contributed by atoms with Crippen LogP contribution in [0.25, 0.3) is 0 Å². The lowest BCUT2D eigenvalue weighted by Crippen LogP contribution is -2.26. The van der Waals surface area contributed by atoms with E-state index in [-0.39, 0.29) is 0 Å². The molecule has 0 amide bonds. The van der Waals surface area contributed by atoms with Gasteiger partial charge in [-0.2, -0.15) is 0 Å². The summed E-state index contributed by atoms with van der Waals surface area (Å²) in [6, 6.07) is 9.58. The minimum absolute atomic E-state index is 0.735. The van der Waals surface area contributed by atoms with Crippen molar-refractivity contribution in [2.45, 2.75) is 45.3 Å². The van der Waals surface area contributed by atoms with E-state index in [0.29, 0.717) is 0 Å². The molecule has 0 bridgehead atoms. The summed E-state index contributed by atoms with van der Waals surface area (Å²) in [5.41, 5.74) is 2.68. The summed E-state index contributed by atoms with van der Waals surface area (Å²) in [6.07, 6.45) is 4.94. The van der Waals surface area contributed by atoms with Gasteiger partial charge in [-0.15, -0.1) is 0 Å². The van der Waals surface area contributed by atoms with Crippen LogP contribution in [0.1, 0.15) is 37.3 Å². The molecule has 1 fully saturated rings. The van der Waals surface area contributed by atoms with Crippen LogP contribution in [0.15, 0.2) is 24.3 Å². The molecule has 0 aliphatic carbocycles. The van der Waals surface area contributed by atoms with Gasteiger partial charge in [-0.1, -0.05) is 31.2 Å². The largest absolute Gasteiger partial charge is 0.377 e. The third kappa shape index (κ3) is 5.77. The highest BCUT2D eigenvalue weighted by atomic mass is 16.5. The number of nitrogens with zero attached hydrogens (tertiary/aromatic N) is 1. The highest BCUT2D eigenvalue weighted by molar-refractivity contribution is 5.22. The van der Waals surface area contributed by atoms with Gasteiger partial charge in [0, 0.05) is 12.6 Å². The fourth-order valence-electron chi connectivity index (χ4n) is 2.97. The van der Waals surface area contributed by atoms with Crippen molar-refractivity contribution in [3.63, 3.8) is 0 Å². The average molecular weight is 290 g/mol. The molecule has 118 valence electrons. The van der Waals surface area contributed by atoms with Gasteiger partial charge in [0.05, 0.1) is 6.61 Å². The normalized spacial score (nSPS) is 19.2. The molecule has 1 atom stereocenters. The van der Waals surface area contributed by atoms with E-state index >= 15 is 0 Å². The second kappa shape index (κ2) is 9.19. The van der Waals surface area contributed by atoms with Crippen molar-refractivity contribution in [1.82, 2.24) is 10.2 Å². The fourth-order valence-corrected chi connectivity index (χ4v) is 2.97. The first kappa shape index (κ1) is 16.5. The summed E-state index contributed by atoms with van der Waals surface area (Å²) in [5.74, 6) is 0. The summed E-state index contributed by atoms with van der Waals surface area (Å²) in [6.45, 7) is 7.10. The maximum absolute atomic E-state index is 5.83. The van der Waals surface area contributed by atoms with Crippen LogP contribution in [0.2, 0.25) is 0 Å². The van der Waals surface area contributed by atoms with Crippen LogP contribution in [0, 0.1) is 0 Å². The van der Waals surface area contributed by atoms with Crippen molar-refractivity contribution >= 4 is 0 Å². The Hall–Kier alpha value is -0.900. The highest BCUT2D eigenvalue weighted by Gasteiger charge is 2.19. The third-order valence-corrected chi connectivity index (χ3v) is 4.40. The van der Waals surface area contributed by atoms with Crippen LogP contribution in [-0.4, -0.2) is 44.2 Å². The topological polar surface area (TPSA) is 24.5 Å². The lowest BCUT2D eigenvalue weighted by Gasteiger charge is -2.19. The minimum atomic E-state index is 0.735. The summed E-state index contributed by atoms with van der Waals surface area (Å²) < 4.78 is 5.83. The molecule has 1 aliphatic rings. The molecule has 2 rings (SSSR count). The Morgan fingerprint density at radius 1 is 1.24 bits per heavy atom. The molecule has 0 aromatic heterocycles. The van der Waals surface area contributed by atoms with Crippen molar-refractivity contribution in [2.24, 2.45) is 0 Å². The van der Waals surface area contributed by atoms with Crippen LogP contribution in [0.4, 0.5) is 0 Å². The Kier molecular flexibility index (Phi) is 7.20. The number of ether oxygens (including phenoxy) is 1. The predicted octanol–water partition coefficient (Wildman–Crippen LogP) is 2.84. The van der Waals surface area contributed by atoms with Gasteiger partial charge in [-0.25, -0.2) is 0 Å². The lowest BCUT2D eigenvalue weighted by molar-refractivity contribution is 0.101. The second-order valence-corrected chi connectivity index (χ2v) is 6.04. The smallest absolute Gasteiger partial charge is 0.0716 e. The molecular weight excluding hydrogens is 260 g/mol. The van der Waals surface area contributed by atoms with Crippen LogP contribution < -0.4 is 5.32 Å². The number of nitrogens with one attached hydrogen (secondary N) is 1. The highest BCUT2D eigenvalue weighted by Crippen LogP contribution is 2.17. The maximum Gasteiger partial charge on any atom is 0.0716 e. The van der Waals surface area contributed by atoms with Crippen molar-refractivity contribution in [2.75, 3.05) is 33.3 Å². The predicted molar refractivity (Wildman–Crippen MR) is 88.6 cm³/mol. The Balaban J connectivity index is 1.62. The van der Waals surface area contributed by atoms with Crippen LogP contribution >= 0.6 is 0 Å². The quantitative estimate of drug-likeness (QED) is 0.708.